The van der Waals surface area contributed by atoms with Crippen LogP contribution in [0.3, 0.4) is 0 Å². The Balaban J connectivity index is 2.00. The zero-order valence-electron chi connectivity index (χ0n) is 11.6. The Kier molecular flexibility index (Phi) is 2.10. The molecule has 1 atom stereocenters. The van der Waals surface area contributed by atoms with E-state index >= 15 is 0 Å². The molecule has 84 valence electrons. The predicted molar refractivity (Wildman–Crippen MR) is 57.4 cm³/mol. The van der Waals surface area contributed by atoms with E-state index in [4.69, 9.17) is 8.85 Å². The van der Waals surface area contributed by atoms with Gasteiger partial charge in [-0.3, -0.25) is 14.5 Å². The summed E-state index contributed by atoms with van der Waals surface area (Å²) in [5.74, 6) is -1.51. The van der Waals surface area contributed by atoms with Crippen LogP contribution >= 0.6 is 0 Å². The molecule has 1 aromatic rings. The third-order valence-corrected chi connectivity index (χ3v) is 2.40. The molecule has 16 heavy (non-hydrogen) atoms. The molecule has 0 saturated carbocycles. The van der Waals surface area contributed by atoms with E-state index in [0.717, 1.165) is 5.56 Å². The number of nitrogens with zero attached hydrogens (tertiary/aromatic N) is 1. The molecule has 1 fully saturated rings. The number of hydrogen-bond donors (Lipinski definition) is 0. The number of rotatable bonds is 3. The molecule has 4 nitrogen and oxygen atoms in total. The molecule has 2 amide bonds. The summed E-state index contributed by atoms with van der Waals surface area (Å²) >= 11 is 0. The van der Waals surface area contributed by atoms with Gasteiger partial charge in [0.05, 0.1) is 13.0 Å². The number of carbonyl (C=O) groups excluding carboxylic acids is 2. The average Bonchev–Trinajstić information content (AvgIpc) is 2.62. The molecule has 0 N–H and O–H groups in total. The fourth-order valence-electron chi connectivity index (χ4n) is 1.51. The minimum Gasteiger partial charge on any atom is -0.363 e. The van der Waals surface area contributed by atoms with Gasteiger partial charge in [0, 0.05) is 11.1 Å². The molecular weight excluding hydrogens is 206 g/mol. The second-order valence-corrected chi connectivity index (χ2v) is 3.56. The monoisotopic (exact) mass is 222 g/mol. The summed E-state index contributed by atoms with van der Waals surface area (Å²) in [6.07, 6.45) is -1.22. The molecule has 0 unspecified atom stereocenters. The third-order valence-electron chi connectivity index (χ3n) is 2.40. The minimum absolute atomic E-state index is 0.166. The van der Waals surface area contributed by atoms with Gasteiger partial charge in [-0.15, -0.1) is 0 Å². The molecule has 1 heterocycles. The second kappa shape index (κ2) is 4.45. The zero-order valence-corrected chi connectivity index (χ0v) is 8.55. The number of ether oxygens (including phenoxy) is 1. The van der Waals surface area contributed by atoms with Gasteiger partial charge in [0.15, 0.2) is 0 Å². The first-order valence-corrected chi connectivity index (χ1v) is 4.92. The number of likely N-dealkylation sites (tertiary alicyclic amines) is 1. The van der Waals surface area contributed by atoms with Crippen molar-refractivity contribution in [2.24, 2.45) is 0 Å². The normalized spacial score (nSPS) is 24.1. The molecule has 0 aliphatic carbocycles. The zero-order chi connectivity index (χ0) is 14.0. The van der Waals surface area contributed by atoms with E-state index in [9.17, 15) is 9.59 Å². The van der Waals surface area contributed by atoms with Crippen molar-refractivity contribution in [1.29, 1.82) is 0 Å². The molecule has 1 aromatic carbocycles. The van der Waals surface area contributed by atoms with Crippen molar-refractivity contribution in [2.75, 3.05) is 6.98 Å². The molecule has 0 aromatic heterocycles. The Morgan fingerprint density at radius 1 is 1.44 bits per heavy atom. The van der Waals surface area contributed by atoms with Crippen molar-refractivity contribution in [2.45, 2.75) is 19.1 Å². The third kappa shape index (κ3) is 2.12. The van der Waals surface area contributed by atoms with Crippen molar-refractivity contribution in [3.63, 3.8) is 0 Å². The van der Waals surface area contributed by atoms with Crippen LogP contribution in [0.1, 0.15) is 16.1 Å². The van der Waals surface area contributed by atoms with Gasteiger partial charge in [0.25, 0.3) is 5.91 Å². The fourth-order valence-corrected chi connectivity index (χ4v) is 1.51. The van der Waals surface area contributed by atoms with E-state index in [2.05, 4.69) is 0 Å². The first kappa shape index (κ1) is 7.57. The van der Waals surface area contributed by atoms with Gasteiger partial charge in [-0.05, 0) is 5.56 Å². The molecule has 0 spiro atoms. The SMILES string of the molecule is [2H]C([2H])([2H])N1C(=O)C[C@H](OCc2ccccc2)C1=O. The van der Waals surface area contributed by atoms with E-state index in [1.807, 2.05) is 30.3 Å². The number of carbonyl (C=O) groups is 2. The number of benzene rings is 1. The van der Waals surface area contributed by atoms with Crippen LogP contribution in [0.2, 0.25) is 0 Å². The highest BCUT2D eigenvalue weighted by Gasteiger charge is 2.36. The van der Waals surface area contributed by atoms with Gasteiger partial charge < -0.3 is 4.74 Å². The minimum atomic E-state index is -2.74. The predicted octanol–water partition coefficient (Wildman–Crippen LogP) is 0.961. The molecule has 0 radical (unpaired) electrons. The maximum atomic E-state index is 11.8. The lowest BCUT2D eigenvalue weighted by atomic mass is 10.2. The lowest BCUT2D eigenvalue weighted by Crippen LogP contribution is -2.28. The molecule has 1 aliphatic rings. The molecule has 4 heteroatoms. The number of hydrogen-bond acceptors (Lipinski definition) is 3. The molecule has 1 aliphatic heterocycles. The van der Waals surface area contributed by atoms with Crippen molar-refractivity contribution in [3.8, 4) is 0 Å². The van der Waals surface area contributed by atoms with Crippen LogP contribution in [0.5, 0.6) is 0 Å². The van der Waals surface area contributed by atoms with Crippen LogP contribution < -0.4 is 0 Å². The summed E-state index contributed by atoms with van der Waals surface area (Å²) in [5, 5.41) is 0. The van der Waals surface area contributed by atoms with Gasteiger partial charge in [-0.1, -0.05) is 30.3 Å². The summed E-state index contributed by atoms with van der Waals surface area (Å²) in [6, 6.07) is 9.15. The summed E-state index contributed by atoms with van der Waals surface area (Å²) in [7, 11) is 0. The summed E-state index contributed by atoms with van der Waals surface area (Å²) in [5.41, 5.74) is 0.857. The highest BCUT2D eigenvalue weighted by atomic mass is 16.5. The van der Waals surface area contributed by atoms with Gasteiger partial charge in [-0.2, -0.15) is 0 Å². The Morgan fingerprint density at radius 3 is 2.81 bits per heavy atom. The Bertz CT molecular complexity index is 487. The van der Waals surface area contributed by atoms with Crippen molar-refractivity contribution >= 4 is 11.8 Å². The van der Waals surface area contributed by atoms with Crippen LogP contribution in [0.15, 0.2) is 30.3 Å². The van der Waals surface area contributed by atoms with E-state index in [0.29, 0.717) is 4.90 Å². The van der Waals surface area contributed by atoms with Crippen molar-refractivity contribution in [1.82, 2.24) is 4.90 Å². The smallest absolute Gasteiger partial charge is 0.258 e. The Labute approximate surface area is 98.0 Å². The molecule has 0 bridgehead atoms. The van der Waals surface area contributed by atoms with Crippen LogP contribution in [-0.4, -0.2) is 29.8 Å². The van der Waals surface area contributed by atoms with Gasteiger partial charge in [-0.25, -0.2) is 0 Å². The highest BCUT2D eigenvalue weighted by molar-refractivity contribution is 6.04. The summed E-state index contributed by atoms with van der Waals surface area (Å²) in [4.78, 5) is 23.6. The fraction of sp³-hybridized carbons (Fsp3) is 0.333. The first-order valence-electron chi connectivity index (χ1n) is 6.42. The first-order chi connectivity index (χ1) is 8.89. The van der Waals surface area contributed by atoms with Gasteiger partial charge in [0.2, 0.25) is 5.91 Å². The highest BCUT2D eigenvalue weighted by Crippen LogP contribution is 2.15. The van der Waals surface area contributed by atoms with Crippen molar-refractivity contribution in [3.05, 3.63) is 35.9 Å². The van der Waals surface area contributed by atoms with E-state index in [1.54, 1.807) is 0 Å². The average molecular weight is 222 g/mol. The quantitative estimate of drug-likeness (QED) is 0.716. The lowest BCUT2D eigenvalue weighted by molar-refractivity contribution is -0.140. The van der Waals surface area contributed by atoms with Gasteiger partial charge >= 0.3 is 0 Å². The van der Waals surface area contributed by atoms with Crippen LogP contribution in [0.25, 0.3) is 0 Å². The van der Waals surface area contributed by atoms with Crippen LogP contribution in [0, 0.1) is 0 Å². The Morgan fingerprint density at radius 2 is 2.19 bits per heavy atom. The lowest BCUT2D eigenvalue weighted by Gasteiger charge is -2.10. The summed E-state index contributed by atoms with van der Waals surface area (Å²) < 4.78 is 26.7. The maximum absolute atomic E-state index is 11.8. The number of likely N-dealkylation sites (N-methyl/N-ethyl adjacent to an activating group) is 1. The standard InChI is InChI=1S/C12H13NO3/c1-13-11(14)7-10(12(13)15)16-8-9-5-3-2-4-6-9/h2-6,10H,7-8H2,1H3/t10-/m0/s1/i1D3. The van der Waals surface area contributed by atoms with E-state index < -0.39 is 24.9 Å². The maximum Gasteiger partial charge on any atom is 0.258 e. The van der Waals surface area contributed by atoms with Gasteiger partial charge in [0.1, 0.15) is 6.10 Å². The molecular formula is C12H13NO3. The number of amides is 2. The second-order valence-electron chi connectivity index (χ2n) is 3.56. The van der Waals surface area contributed by atoms with E-state index in [1.165, 1.54) is 0 Å². The van der Waals surface area contributed by atoms with E-state index in [-0.39, 0.29) is 13.0 Å². The molecule has 1 saturated heterocycles. The Hall–Kier alpha value is -1.68. The van der Waals surface area contributed by atoms with Crippen molar-refractivity contribution < 1.29 is 18.4 Å². The van der Waals surface area contributed by atoms with Crippen LogP contribution in [-0.2, 0) is 20.9 Å². The topological polar surface area (TPSA) is 46.6 Å². The largest absolute Gasteiger partial charge is 0.363 e. The summed E-state index contributed by atoms with van der Waals surface area (Å²) in [6.45, 7) is -2.57. The number of imide groups is 1. The molecule has 2 rings (SSSR count). The van der Waals surface area contributed by atoms with Crippen LogP contribution in [0.4, 0.5) is 0 Å².